The zero-order valence-corrected chi connectivity index (χ0v) is 11.3. The number of carboxylic acid groups (broad SMARTS) is 1. The van der Waals surface area contributed by atoms with Gasteiger partial charge in [0.1, 0.15) is 12.4 Å². The number of hydrogen-bond acceptors (Lipinski definition) is 4. The number of amides is 2. The number of likely N-dealkylation sites (tertiary alicyclic amines) is 1. The minimum Gasteiger partial charge on any atom is -0.480 e. The van der Waals surface area contributed by atoms with Crippen LogP contribution in [-0.2, 0) is 4.79 Å². The number of carboxylic acids is 1. The van der Waals surface area contributed by atoms with Gasteiger partial charge in [-0.25, -0.2) is 9.78 Å². The molecule has 7 heteroatoms. The van der Waals surface area contributed by atoms with Crippen molar-refractivity contribution in [2.24, 2.45) is 0 Å². The summed E-state index contributed by atoms with van der Waals surface area (Å²) in [6, 6.07) is 3.47. The number of hydrogen-bond donors (Lipinski definition) is 3. The van der Waals surface area contributed by atoms with Crippen LogP contribution in [0.1, 0.15) is 24.4 Å². The zero-order chi connectivity index (χ0) is 14.5. The van der Waals surface area contributed by atoms with E-state index in [4.69, 9.17) is 5.11 Å². The predicted molar refractivity (Wildman–Crippen MR) is 73.5 cm³/mol. The van der Waals surface area contributed by atoms with Gasteiger partial charge in [0, 0.05) is 12.2 Å². The molecule has 108 valence electrons. The van der Waals surface area contributed by atoms with Gasteiger partial charge in [0.05, 0.1) is 0 Å². The standard InChI is InChI=1S/C13H18N4O3/c1-17-6-2-3-10(17)9-4-5-11(14-7-9)16-13(20)15-8-12(18)19/h4-5,7,10H,2-3,6,8H2,1H3,(H,18,19)(H2,14,15,16,20)/t10-/m0/s1. The first-order chi connectivity index (χ1) is 9.56. The number of carbonyl (C=O) groups excluding carboxylic acids is 1. The van der Waals surface area contributed by atoms with Crippen molar-refractivity contribution in [3.63, 3.8) is 0 Å². The molecule has 2 rings (SSSR count). The van der Waals surface area contributed by atoms with E-state index in [1.54, 1.807) is 12.3 Å². The maximum atomic E-state index is 11.4. The molecule has 0 bridgehead atoms. The molecule has 1 aliphatic heterocycles. The highest BCUT2D eigenvalue weighted by Crippen LogP contribution is 2.29. The van der Waals surface area contributed by atoms with E-state index >= 15 is 0 Å². The zero-order valence-electron chi connectivity index (χ0n) is 11.3. The maximum absolute atomic E-state index is 11.4. The second-order valence-electron chi connectivity index (χ2n) is 4.82. The van der Waals surface area contributed by atoms with Gasteiger partial charge in [-0.1, -0.05) is 6.07 Å². The van der Waals surface area contributed by atoms with E-state index in [-0.39, 0.29) is 0 Å². The minimum atomic E-state index is -1.09. The minimum absolute atomic E-state index is 0.386. The summed E-state index contributed by atoms with van der Waals surface area (Å²) in [5.74, 6) is -0.690. The summed E-state index contributed by atoms with van der Waals surface area (Å²) in [7, 11) is 2.09. The molecule has 2 heterocycles. The van der Waals surface area contributed by atoms with Crippen LogP contribution in [0.4, 0.5) is 10.6 Å². The Morgan fingerprint density at radius 3 is 2.85 bits per heavy atom. The molecular formula is C13H18N4O3. The van der Waals surface area contributed by atoms with Crippen LogP contribution in [0.2, 0.25) is 0 Å². The van der Waals surface area contributed by atoms with Crippen LogP contribution in [-0.4, -0.2) is 47.1 Å². The van der Waals surface area contributed by atoms with Gasteiger partial charge < -0.3 is 10.4 Å². The fourth-order valence-electron chi connectivity index (χ4n) is 2.32. The van der Waals surface area contributed by atoms with Gasteiger partial charge in [-0.3, -0.25) is 15.0 Å². The molecule has 1 aromatic rings. The lowest BCUT2D eigenvalue weighted by atomic mass is 10.1. The summed E-state index contributed by atoms with van der Waals surface area (Å²) in [5, 5.41) is 13.1. The summed E-state index contributed by atoms with van der Waals surface area (Å²) in [6.07, 6.45) is 4.04. The number of nitrogens with one attached hydrogen (secondary N) is 2. The summed E-state index contributed by atoms with van der Waals surface area (Å²) >= 11 is 0. The van der Waals surface area contributed by atoms with Crippen LogP contribution in [0.15, 0.2) is 18.3 Å². The first kappa shape index (κ1) is 14.3. The van der Waals surface area contributed by atoms with Crippen LogP contribution in [0.25, 0.3) is 0 Å². The first-order valence-corrected chi connectivity index (χ1v) is 6.49. The second-order valence-corrected chi connectivity index (χ2v) is 4.82. The molecule has 1 atom stereocenters. The maximum Gasteiger partial charge on any atom is 0.323 e. The lowest BCUT2D eigenvalue weighted by Crippen LogP contribution is -2.33. The third kappa shape index (κ3) is 3.67. The highest BCUT2D eigenvalue weighted by molar-refractivity contribution is 5.90. The topological polar surface area (TPSA) is 94.6 Å². The van der Waals surface area contributed by atoms with Crippen molar-refractivity contribution in [1.82, 2.24) is 15.2 Å². The molecule has 0 aliphatic carbocycles. The van der Waals surface area contributed by atoms with Gasteiger partial charge in [0.15, 0.2) is 0 Å². The van der Waals surface area contributed by atoms with Gasteiger partial charge in [-0.2, -0.15) is 0 Å². The number of urea groups is 1. The molecule has 0 radical (unpaired) electrons. The van der Waals surface area contributed by atoms with E-state index in [9.17, 15) is 9.59 Å². The molecule has 20 heavy (non-hydrogen) atoms. The molecule has 1 saturated heterocycles. The van der Waals surface area contributed by atoms with E-state index in [1.165, 1.54) is 6.42 Å². The largest absolute Gasteiger partial charge is 0.480 e. The average molecular weight is 278 g/mol. The number of pyridine rings is 1. The molecular weight excluding hydrogens is 260 g/mol. The molecule has 0 aromatic carbocycles. The van der Waals surface area contributed by atoms with E-state index in [0.717, 1.165) is 18.5 Å². The molecule has 1 aromatic heterocycles. The number of nitrogens with zero attached hydrogens (tertiary/aromatic N) is 2. The number of aliphatic carboxylic acids is 1. The number of anilines is 1. The molecule has 0 spiro atoms. The van der Waals surface area contributed by atoms with Gasteiger partial charge in [0.2, 0.25) is 0 Å². The van der Waals surface area contributed by atoms with Crippen LogP contribution in [0, 0.1) is 0 Å². The number of aromatic nitrogens is 1. The van der Waals surface area contributed by atoms with Crippen molar-refractivity contribution in [2.45, 2.75) is 18.9 Å². The van der Waals surface area contributed by atoms with Crippen LogP contribution in [0.3, 0.4) is 0 Å². The Hall–Kier alpha value is -2.15. The third-order valence-corrected chi connectivity index (χ3v) is 3.33. The van der Waals surface area contributed by atoms with E-state index in [1.807, 2.05) is 6.07 Å². The van der Waals surface area contributed by atoms with Crippen molar-refractivity contribution in [1.29, 1.82) is 0 Å². The van der Waals surface area contributed by atoms with E-state index in [0.29, 0.717) is 11.9 Å². The Morgan fingerprint density at radius 1 is 1.50 bits per heavy atom. The fraction of sp³-hybridized carbons (Fsp3) is 0.462. The Morgan fingerprint density at radius 2 is 2.30 bits per heavy atom. The van der Waals surface area contributed by atoms with Crippen LogP contribution in [0.5, 0.6) is 0 Å². The Labute approximate surface area is 117 Å². The number of carbonyl (C=O) groups is 2. The van der Waals surface area contributed by atoms with Crippen LogP contribution < -0.4 is 10.6 Å². The molecule has 2 amide bonds. The summed E-state index contributed by atoms with van der Waals surface area (Å²) in [4.78, 5) is 28.2. The van der Waals surface area contributed by atoms with E-state index < -0.39 is 18.5 Å². The van der Waals surface area contributed by atoms with Gasteiger partial charge in [-0.05, 0) is 38.1 Å². The molecule has 3 N–H and O–H groups in total. The highest BCUT2D eigenvalue weighted by Gasteiger charge is 2.22. The van der Waals surface area contributed by atoms with E-state index in [2.05, 4.69) is 27.6 Å². The molecule has 1 aliphatic rings. The number of rotatable bonds is 4. The molecule has 0 saturated carbocycles. The van der Waals surface area contributed by atoms with Crippen LogP contribution >= 0.6 is 0 Å². The Kier molecular flexibility index (Phi) is 4.52. The monoisotopic (exact) mass is 278 g/mol. The van der Waals surface area contributed by atoms with Crippen molar-refractivity contribution in [3.8, 4) is 0 Å². The summed E-state index contributed by atoms with van der Waals surface area (Å²) in [6.45, 7) is 0.666. The predicted octanol–water partition coefficient (Wildman–Crippen LogP) is 1.05. The average Bonchev–Trinajstić information content (AvgIpc) is 2.84. The normalized spacial score (nSPS) is 18.8. The Bertz CT molecular complexity index is 489. The fourth-order valence-corrected chi connectivity index (χ4v) is 2.32. The third-order valence-electron chi connectivity index (χ3n) is 3.33. The quantitative estimate of drug-likeness (QED) is 0.765. The van der Waals surface area contributed by atoms with Crippen molar-refractivity contribution >= 4 is 17.8 Å². The van der Waals surface area contributed by atoms with Crippen molar-refractivity contribution in [2.75, 3.05) is 25.5 Å². The van der Waals surface area contributed by atoms with Gasteiger partial charge >= 0.3 is 12.0 Å². The van der Waals surface area contributed by atoms with Crippen molar-refractivity contribution in [3.05, 3.63) is 23.9 Å². The highest BCUT2D eigenvalue weighted by atomic mass is 16.4. The summed E-state index contributed by atoms with van der Waals surface area (Å²) < 4.78 is 0. The lowest BCUT2D eigenvalue weighted by molar-refractivity contribution is -0.135. The van der Waals surface area contributed by atoms with Crippen molar-refractivity contribution < 1.29 is 14.7 Å². The first-order valence-electron chi connectivity index (χ1n) is 6.49. The molecule has 7 nitrogen and oxygen atoms in total. The second kappa shape index (κ2) is 6.33. The lowest BCUT2D eigenvalue weighted by Gasteiger charge is -2.19. The SMILES string of the molecule is CN1CCC[C@H]1c1ccc(NC(=O)NCC(=O)O)nc1. The molecule has 1 fully saturated rings. The van der Waals surface area contributed by atoms with Gasteiger partial charge in [0.25, 0.3) is 0 Å². The Balaban J connectivity index is 1.91. The summed E-state index contributed by atoms with van der Waals surface area (Å²) in [5.41, 5.74) is 1.13. The molecule has 0 unspecified atom stereocenters. The smallest absolute Gasteiger partial charge is 0.323 e. The van der Waals surface area contributed by atoms with Gasteiger partial charge in [-0.15, -0.1) is 0 Å².